The van der Waals surface area contributed by atoms with E-state index in [0.29, 0.717) is 22.8 Å². The average Bonchev–Trinajstić information content (AvgIpc) is 3.57. The fourth-order valence-corrected chi connectivity index (χ4v) is 6.56. The van der Waals surface area contributed by atoms with Crippen LogP contribution in [0.5, 0.6) is 11.5 Å². The van der Waals surface area contributed by atoms with Gasteiger partial charge >= 0.3 is 0 Å². The van der Waals surface area contributed by atoms with Gasteiger partial charge < -0.3 is 19.7 Å². The number of benzene rings is 2. The number of thioether (sulfide) groups is 1. The van der Waals surface area contributed by atoms with Gasteiger partial charge in [0.15, 0.2) is 11.5 Å². The molecule has 6 nitrogen and oxygen atoms in total. The van der Waals surface area contributed by atoms with Gasteiger partial charge in [0.1, 0.15) is 11.4 Å². The SMILES string of the molecule is COc1ccc(C(=O)N2C(C(=O)NC(C)CCc3ccccc3)CSC2c2cccs2)cc1OC. The van der Waals surface area contributed by atoms with E-state index in [9.17, 15) is 9.59 Å². The third-order valence-corrected chi connectivity index (χ3v) is 8.43. The molecule has 1 saturated heterocycles. The Labute approximate surface area is 214 Å². The van der Waals surface area contributed by atoms with Gasteiger partial charge in [-0.25, -0.2) is 0 Å². The van der Waals surface area contributed by atoms with Crippen LogP contribution >= 0.6 is 23.1 Å². The first kappa shape index (κ1) is 25.1. The molecule has 1 fully saturated rings. The molecule has 2 aromatic carbocycles. The topological polar surface area (TPSA) is 67.9 Å². The van der Waals surface area contributed by atoms with E-state index >= 15 is 0 Å². The maximum absolute atomic E-state index is 13.8. The van der Waals surface area contributed by atoms with Crippen LogP contribution in [0.15, 0.2) is 66.0 Å². The maximum Gasteiger partial charge on any atom is 0.255 e. The molecule has 1 aliphatic rings. The van der Waals surface area contributed by atoms with Gasteiger partial charge in [0.2, 0.25) is 5.91 Å². The summed E-state index contributed by atoms with van der Waals surface area (Å²) in [5.41, 5.74) is 1.70. The quantitative estimate of drug-likeness (QED) is 0.431. The Kier molecular flexibility index (Phi) is 8.36. The highest BCUT2D eigenvalue weighted by atomic mass is 32.2. The first-order valence-corrected chi connectivity index (χ1v) is 13.5. The molecule has 3 aromatic rings. The van der Waals surface area contributed by atoms with Crippen LogP contribution in [-0.2, 0) is 11.2 Å². The number of aryl methyl sites for hydroxylation is 1. The van der Waals surface area contributed by atoms with E-state index in [1.165, 1.54) is 5.56 Å². The molecular weight excluding hydrogens is 480 g/mol. The molecule has 1 aromatic heterocycles. The lowest BCUT2D eigenvalue weighted by atomic mass is 10.1. The molecule has 1 aliphatic heterocycles. The van der Waals surface area contributed by atoms with Gasteiger partial charge in [-0.15, -0.1) is 23.1 Å². The van der Waals surface area contributed by atoms with Crippen LogP contribution in [0.25, 0.3) is 0 Å². The van der Waals surface area contributed by atoms with E-state index < -0.39 is 6.04 Å². The summed E-state index contributed by atoms with van der Waals surface area (Å²) in [6.45, 7) is 2.01. The van der Waals surface area contributed by atoms with Crippen molar-refractivity contribution in [1.29, 1.82) is 0 Å². The normalized spacial score (nSPS) is 18.2. The number of hydrogen-bond donors (Lipinski definition) is 1. The number of hydrogen-bond acceptors (Lipinski definition) is 6. The Morgan fingerprint density at radius 3 is 2.51 bits per heavy atom. The van der Waals surface area contributed by atoms with Gasteiger partial charge in [-0.3, -0.25) is 9.59 Å². The molecule has 2 amide bonds. The van der Waals surface area contributed by atoms with Crippen molar-refractivity contribution in [1.82, 2.24) is 10.2 Å². The number of amides is 2. The minimum atomic E-state index is -0.563. The van der Waals surface area contributed by atoms with Crippen LogP contribution < -0.4 is 14.8 Å². The number of nitrogens with zero attached hydrogens (tertiary/aromatic N) is 1. The smallest absolute Gasteiger partial charge is 0.255 e. The molecule has 0 spiro atoms. The van der Waals surface area contributed by atoms with Gasteiger partial charge in [0, 0.05) is 22.2 Å². The number of ether oxygens (including phenoxy) is 2. The van der Waals surface area contributed by atoms with Crippen molar-refractivity contribution in [3.05, 3.63) is 82.0 Å². The second-order valence-electron chi connectivity index (χ2n) is 8.43. The molecule has 3 unspecified atom stereocenters. The molecule has 2 heterocycles. The molecule has 1 N–H and O–H groups in total. The van der Waals surface area contributed by atoms with E-state index in [1.54, 1.807) is 60.4 Å². The number of carbonyl (C=O) groups excluding carboxylic acids is 2. The highest BCUT2D eigenvalue weighted by Crippen LogP contribution is 2.44. The average molecular weight is 511 g/mol. The number of methoxy groups -OCH3 is 2. The monoisotopic (exact) mass is 510 g/mol. The Balaban J connectivity index is 1.52. The lowest BCUT2D eigenvalue weighted by molar-refractivity contribution is -0.125. The summed E-state index contributed by atoms with van der Waals surface area (Å²) in [6, 6.07) is 18.8. The summed E-state index contributed by atoms with van der Waals surface area (Å²) in [6.07, 6.45) is 1.71. The molecule has 4 rings (SSSR count). The van der Waals surface area contributed by atoms with Crippen molar-refractivity contribution in [3.63, 3.8) is 0 Å². The fourth-order valence-electron chi connectivity index (χ4n) is 4.16. The highest BCUT2D eigenvalue weighted by Gasteiger charge is 2.43. The molecule has 0 bridgehead atoms. The molecule has 8 heteroatoms. The molecule has 184 valence electrons. The van der Waals surface area contributed by atoms with Crippen LogP contribution in [-0.4, -0.2) is 48.8 Å². The minimum absolute atomic E-state index is 0.00785. The summed E-state index contributed by atoms with van der Waals surface area (Å²) in [4.78, 5) is 29.9. The third kappa shape index (κ3) is 5.82. The summed E-state index contributed by atoms with van der Waals surface area (Å²) in [7, 11) is 3.10. The predicted octanol–water partition coefficient (Wildman–Crippen LogP) is 5.16. The fraction of sp³-hybridized carbons (Fsp3) is 0.333. The third-order valence-electron chi connectivity index (χ3n) is 6.05. The summed E-state index contributed by atoms with van der Waals surface area (Å²) in [5, 5.41) is 4.92. The zero-order valence-electron chi connectivity index (χ0n) is 20.1. The highest BCUT2D eigenvalue weighted by molar-refractivity contribution is 7.99. The van der Waals surface area contributed by atoms with Gasteiger partial charge in [-0.2, -0.15) is 0 Å². The van der Waals surface area contributed by atoms with Crippen molar-refractivity contribution in [2.75, 3.05) is 20.0 Å². The van der Waals surface area contributed by atoms with E-state index in [0.717, 1.165) is 17.7 Å². The molecular formula is C27H30N2O4S2. The summed E-state index contributed by atoms with van der Waals surface area (Å²) >= 11 is 3.21. The molecule has 0 aliphatic carbocycles. The number of rotatable bonds is 9. The largest absolute Gasteiger partial charge is 0.493 e. The van der Waals surface area contributed by atoms with E-state index in [4.69, 9.17) is 9.47 Å². The molecule has 0 radical (unpaired) electrons. The van der Waals surface area contributed by atoms with Crippen LogP contribution in [0.1, 0.15) is 39.5 Å². The zero-order chi connectivity index (χ0) is 24.8. The Morgan fingerprint density at radius 1 is 1.06 bits per heavy atom. The standard InChI is InChI=1S/C27H30N2O4S2/c1-18(11-12-19-8-5-4-6-9-19)28-25(30)21-17-35-27(24-10-7-15-34-24)29(21)26(31)20-13-14-22(32-2)23(16-20)33-3/h4-10,13-16,18,21,27H,11-12,17H2,1-3H3,(H,28,30). The van der Waals surface area contributed by atoms with Crippen LogP contribution in [0.4, 0.5) is 0 Å². The van der Waals surface area contributed by atoms with Crippen molar-refractivity contribution >= 4 is 34.9 Å². The lowest BCUT2D eigenvalue weighted by Gasteiger charge is -2.29. The molecule has 0 saturated carbocycles. The summed E-state index contributed by atoms with van der Waals surface area (Å²) < 4.78 is 10.7. The molecule has 3 atom stereocenters. The number of nitrogens with one attached hydrogen (secondary N) is 1. The zero-order valence-corrected chi connectivity index (χ0v) is 21.7. The van der Waals surface area contributed by atoms with E-state index in [-0.39, 0.29) is 23.2 Å². The van der Waals surface area contributed by atoms with Crippen molar-refractivity contribution < 1.29 is 19.1 Å². The second-order valence-corrected chi connectivity index (χ2v) is 10.5. The van der Waals surface area contributed by atoms with Gasteiger partial charge in [-0.05, 0) is 55.0 Å². The second kappa shape index (κ2) is 11.6. The Morgan fingerprint density at radius 2 is 1.83 bits per heavy atom. The number of thiophene rings is 1. The van der Waals surface area contributed by atoms with Gasteiger partial charge in [0.25, 0.3) is 5.91 Å². The maximum atomic E-state index is 13.8. The first-order valence-electron chi connectivity index (χ1n) is 11.6. The van der Waals surface area contributed by atoms with Crippen molar-refractivity contribution in [2.24, 2.45) is 0 Å². The predicted molar refractivity (Wildman–Crippen MR) is 141 cm³/mol. The lowest BCUT2D eigenvalue weighted by Crippen LogP contribution is -2.50. The Hall–Kier alpha value is -2.97. The Bertz CT molecular complexity index is 1140. The number of carbonyl (C=O) groups is 2. The van der Waals surface area contributed by atoms with Gasteiger partial charge in [-0.1, -0.05) is 36.4 Å². The van der Waals surface area contributed by atoms with Gasteiger partial charge in [0.05, 0.1) is 14.2 Å². The van der Waals surface area contributed by atoms with Crippen LogP contribution in [0, 0.1) is 0 Å². The minimum Gasteiger partial charge on any atom is -0.493 e. The van der Waals surface area contributed by atoms with Crippen LogP contribution in [0.2, 0.25) is 0 Å². The van der Waals surface area contributed by atoms with Crippen LogP contribution in [0.3, 0.4) is 0 Å². The van der Waals surface area contributed by atoms with E-state index in [2.05, 4.69) is 17.4 Å². The van der Waals surface area contributed by atoms with Crippen molar-refractivity contribution in [3.8, 4) is 11.5 Å². The van der Waals surface area contributed by atoms with Crippen molar-refractivity contribution in [2.45, 2.75) is 37.2 Å². The first-order chi connectivity index (χ1) is 17.0. The van der Waals surface area contributed by atoms with E-state index in [1.807, 2.05) is 42.6 Å². The molecule has 35 heavy (non-hydrogen) atoms. The summed E-state index contributed by atoms with van der Waals surface area (Å²) in [5.74, 6) is 1.25.